The number of rotatable bonds is 5. The summed E-state index contributed by atoms with van der Waals surface area (Å²) in [5.41, 5.74) is 1.62. The maximum atomic E-state index is 12.6. The lowest BCUT2D eigenvalue weighted by Gasteiger charge is -2.32. The van der Waals surface area contributed by atoms with Gasteiger partial charge in [0, 0.05) is 44.1 Å². The predicted molar refractivity (Wildman–Crippen MR) is 104 cm³/mol. The molecule has 1 amide bonds. The number of anilines is 1. The molecule has 4 heterocycles. The number of carbonyl (C=O) groups excluding carboxylic acids is 1. The van der Waals surface area contributed by atoms with Crippen molar-refractivity contribution in [3.63, 3.8) is 0 Å². The van der Waals surface area contributed by atoms with E-state index in [2.05, 4.69) is 25.4 Å². The Morgan fingerprint density at radius 3 is 3.04 bits per heavy atom. The first-order valence-electron chi connectivity index (χ1n) is 9.14. The number of hydrogen-bond donors (Lipinski definition) is 1. The van der Waals surface area contributed by atoms with Gasteiger partial charge in [0.1, 0.15) is 0 Å². The first-order valence-corrected chi connectivity index (χ1v) is 9.52. The van der Waals surface area contributed by atoms with Crippen molar-refractivity contribution in [3.8, 4) is 0 Å². The maximum Gasteiger partial charge on any atom is 0.231 e. The van der Waals surface area contributed by atoms with Crippen molar-refractivity contribution < 1.29 is 4.79 Å². The van der Waals surface area contributed by atoms with Crippen LogP contribution in [0.15, 0.2) is 42.7 Å². The van der Waals surface area contributed by atoms with E-state index in [0.717, 1.165) is 37.4 Å². The summed E-state index contributed by atoms with van der Waals surface area (Å²) in [6.45, 7) is 2.07. The molecule has 3 aromatic heterocycles. The molecule has 1 fully saturated rings. The van der Waals surface area contributed by atoms with Crippen LogP contribution in [0.25, 0.3) is 5.65 Å². The molecule has 1 aliphatic heterocycles. The summed E-state index contributed by atoms with van der Waals surface area (Å²) in [6, 6.07) is 9.48. The highest BCUT2D eigenvalue weighted by molar-refractivity contribution is 6.33. The topological polar surface area (TPSA) is 75.4 Å². The van der Waals surface area contributed by atoms with Crippen molar-refractivity contribution in [2.75, 3.05) is 24.5 Å². The Bertz CT molecular complexity index is 928. The molecule has 0 aliphatic carbocycles. The summed E-state index contributed by atoms with van der Waals surface area (Å²) in [7, 11) is 0. The summed E-state index contributed by atoms with van der Waals surface area (Å²) in [4.78, 5) is 19.0. The highest BCUT2D eigenvalue weighted by Gasteiger charge is 2.28. The maximum absolute atomic E-state index is 12.6. The van der Waals surface area contributed by atoms with Gasteiger partial charge in [0.2, 0.25) is 11.9 Å². The molecule has 0 spiro atoms. The molecular formula is C19H21ClN6O. The number of nitrogens with zero attached hydrogens (tertiary/aromatic N) is 5. The van der Waals surface area contributed by atoms with Gasteiger partial charge in [0.05, 0.1) is 10.9 Å². The molecule has 0 saturated carbocycles. The number of nitrogens with one attached hydrogen (secondary N) is 1. The number of fused-ring (bicyclic) bond motifs is 1. The second-order valence-electron chi connectivity index (χ2n) is 6.70. The first-order chi connectivity index (χ1) is 13.2. The van der Waals surface area contributed by atoms with E-state index < -0.39 is 0 Å². The normalized spacial score (nSPS) is 17.2. The molecule has 1 aliphatic rings. The van der Waals surface area contributed by atoms with Gasteiger partial charge < -0.3 is 10.2 Å². The molecule has 3 aromatic rings. The molecule has 0 aromatic carbocycles. The fraction of sp³-hybridized carbons (Fsp3) is 0.368. The zero-order valence-electron chi connectivity index (χ0n) is 14.9. The molecule has 1 unspecified atom stereocenters. The summed E-state index contributed by atoms with van der Waals surface area (Å²) < 4.78 is 1.88. The SMILES string of the molecule is O=C(NCCc1ccccn1)C1CCCN(c2nnc3c(Cl)cccn23)C1. The number of carbonyl (C=O) groups is 1. The minimum atomic E-state index is -0.0611. The van der Waals surface area contributed by atoms with E-state index >= 15 is 0 Å². The van der Waals surface area contributed by atoms with E-state index in [1.54, 1.807) is 12.3 Å². The van der Waals surface area contributed by atoms with Gasteiger partial charge in [-0.05, 0) is 37.1 Å². The number of aromatic nitrogens is 4. The molecule has 7 nitrogen and oxygen atoms in total. The van der Waals surface area contributed by atoms with Crippen LogP contribution in [0.1, 0.15) is 18.5 Å². The van der Waals surface area contributed by atoms with Gasteiger partial charge in [0.15, 0.2) is 5.65 Å². The Morgan fingerprint density at radius 2 is 2.19 bits per heavy atom. The Labute approximate surface area is 162 Å². The molecule has 1 atom stereocenters. The van der Waals surface area contributed by atoms with Crippen molar-refractivity contribution in [3.05, 3.63) is 53.4 Å². The van der Waals surface area contributed by atoms with Gasteiger partial charge >= 0.3 is 0 Å². The van der Waals surface area contributed by atoms with E-state index in [-0.39, 0.29) is 11.8 Å². The Morgan fingerprint density at radius 1 is 1.26 bits per heavy atom. The van der Waals surface area contributed by atoms with E-state index in [0.29, 0.717) is 23.8 Å². The number of pyridine rings is 2. The number of halogens is 1. The zero-order chi connectivity index (χ0) is 18.6. The van der Waals surface area contributed by atoms with Gasteiger partial charge in [-0.25, -0.2) is 0 Å². The smallest absolute Gasteiger partial charge is 0.231 e. The first kappa shape index (κ1) is 17.7. The van der Waals surface area contributed by atoms with Gasteiger partial charge in [-0.2, -0.15) is 0 Å². The fourth-order valence-corrected chi connectivity index (χ4v) is 3.67. The van der Waals surface area contributed by atoms with Crippen molar-refractivity contribution in [1.29, 1.82) is 0 Å². The molecule has 140 valence electrons. The average molecular weight is 385 g/mol. The minimum Gasteiger partial charge on any atom is -0.355 e. The molecule has 27 heavy (non-hydrogen) atoms. The zero-order valence-corrected chi connectivity index (χ0v) is 15.6. The van der Waals surface area contributed by atoms with Crippen LogP contribution < -0.4 is 10.2 Å². The Balaban J connectivity index is 1.38. The van der Waals surface area contributed by atoms with Crippen LogP contribution in [0.3, 0.4) is 0 Å². The standard InChI is InChI=1S/C19H21ClN6O/c20-16-7-4-12-26-17(16)23-24-19(26)25-11-3-5-14(13-25)18(27)22-10-8-15-6-1-2-9-21-15/h1-2,4,6-7,9,12,14H,3,5,8,10-11,13H2,(H,22,27). The van der Waals surface area contributed by atoms with Crippen LogP contribution in [-0.2, 0) is 11.2 Å². The quantitative estimate of drug-likeness (QED) is 0.730. The Hall–Kier alpha value is -2.67. The Kier molecular flexibility index (Phi) is 5.20. The second-order valence-corrected chi connectivity index (χ2v) is 7.10. The van der Waals surface area contributed by atoms with Gasteiger partial charge in [-0.15, -0.1) is 10.2 Å². The summed E-state index contributed by atoms with van der Waals surface area (Å²) >= 11 is 6.19. The van der Waals surface area contributed by atoms with Gasteiger partial charge in [-0.3, -0.25) is 14.2 Å². The fourth-order valence-electron chi connectivity index (χ4n) is 3.46. The third-order valence-electron chi connectivity index (χ3n) is 4.85. The lowest BCUT2D eigenvalue weighted by molar-refractivity contribution is -0.125. The molecule has 0 radical (unpaired) electrons. The van der Waals surface area contributed by atoms with Crippen LogP contribution in [0.5, 0.6) is 0 Å². The van der Waals surface area contributed by atoms with Crippen LogP contribution in [0.2, 0.25) is 5.02 Å². The van der Waals surface area contributed by atoms with E-state index in [4.69, 9.17) is 11.6 Å². The van der Waals surface area contributed by atoms with Crippen LogP contribution >= 0.6 is 11.6 Å². The van der Waals surface area contributed by atoms with Crippen molar-refractivity contribution >= 4 is 29.1 Å². The molecule has 1 saturated heterocycles. The predicted octanol–water partition coefficient (Wildman–Crippen LogP) is 2.35. The molecule has 4 rings (SSSR count). The summed E-state index contributed by atoms with van der Waals surface area (Å²) in [5, 5.41) is 12.1. The third-order valence-corrected chi connectivity index (χ3v) is 5.15. The highest BCUT2D eigenvalue weighted by atomic mass is 35.5. The number of amides is 1. The lowest BCUT2D eigenvalue weighted by atomic mass is 9.97. The van der Waals surface area contributed by atoms with E-state index in [1.165, 1.54) is 0 Å². The summed E-state index contributed by atoms with van der Waals surface area (Å²) in [6.07, 6.45) is 6.21. The largest absolute Gasteiger partial charge is 0.355 e. The molecule has 8 heteroatoms. The van der Waals surface area contributed by atoms with Crippen molar-refractivity contribution in [2.24, 2.45) is 5.92 Å². The number of piperidine rings is 1. The third kappa shape index (κ3) is 3.88. The summed E-state index contributed by atoms with van der Waals surface area (Å²) in [5.74, 6) is 0.759. The average Bonchev–Trinajstić information content (AvgIpc) is 3.14. The number of hydrogen-bond acceptors (Lipinski definition) is 5. The lowest BCUT2D eigenvalue weighted by Crippen LogP contribution is -2.44. The molecule has 1 N–H and O–H groups in total. The second kappa shape index (κ2) is 7.92. The van der Waals surface area contributed by atoms with E-state index in [1.807, 2.05) is 34.9 Å². The molecule has 0 bridgehead atoms. The van der Waals surface area contributed by atoms with Gasteiger partial charge in [-0.1, -0.05) is 17.7 Å². The highest BCUT2D eigenvalue weighted by Crippen LogP contribution is 2.24. The van der Waals surface area contributed by atoms with Crippen LogP contribution in [0, 0.1) is 5.92 Å². The van der Waals surface area contributed by atoms with E-state index in [9.17, 15) is 4.79 Å². The van der Waals surface area contributed by atoms with Crippen LogP contribution in [0.4, 0.5) is 5.95 Å². The minimum absolute atomic E-state index is 0.0611. The van der Waals surface area contributed by atoms with Crippen LogP contribution in [-0.4, -0.2) is 45.1 Å². The van der Waals surface area contributed by atoms with Gasteiger partial charge in [0.25, 0.3) is 0 Å². The van der Waals surface area contributed by atoms with Crippen molar-refractivity contribution in [1.82, 2.24) is 24.9 Å². The molecular weight excluding hydrogens is 364 g/mol. The van der Waals surface area contributed by atoms with Crippen molar-refractivity contribution in [2.45, 2.75) is 19.3 Å². The monoisotopic (exact) mass is 384 g/mol.